The Labute approximate surface area is 98.6 Å². The van der Waals surface area contributed by atoms with Crippen LogP contribution in [0.25, 0.3) is 0 Å². The van der Waals surface area contributed by atoms with E-state index in [1.54, 1.807) is 17.5 Å². The maximum absolute atomic E-state index is 5.72. The zero-order chi connectivity index (χ0) is 11.4. The van der Waals surface area contributed by atoms with Crippen molar-refractivity contribution in [1.29, 1.82) is 0 Å². The Morgan fingerprint density at radius 3 is 3.06 bits per heavy atom. The lowest BCUT2D eigenvalue weighted by molar-refractivity contribution is 0.726. The van der Waals surface area contributed by atoms with Gasteiger partial charge in [0.1, 0.15) is 5.82 Å². The molecule has 0 aliphatic carbocycles. The van der Waals surface area contributed by atoms with E-state index in [2.05, 4.69) is 15.3 Å². The van der Waals surface area contributed by atoms with Gasteiger partial charge < -0.3 is 11.1 Å². The van der Waals surface area contributed by atoms with Gasteiger partial charge in [0.2, 0.25) is 0 Å². The van der Waals surface area contributed by atoms with E-state index in [1.807, 2.05) is 30.5 Å². The number of hydrogen-bond acceptors (Lipinski definition) is 5. The SMILES string of the molecule is CC(N)Cc1csc(Nc2ccccn2)n1. The lowest BCUT2D eigenvalue weighted by Gasteiger charge is -2.01. The summed E-state index contributed by atoms with van der Waals surface area (Å²) in [6.07, 6.45) is 2.55. The molecule has 3 N–H and O–H groups in total. The number of rotatable bonds is 4. The summed E-state index contributed by atoms with van der Waals surface area (Å²) in [6.45, 7) is 1.98. The van der Waals surface area contributed by atoms with Crippen LogP contribution in [0.2, 0.25) is 0 Å². The molecule has 0 fully saturated rings. The Morgan fingerprint density at radius 2 is 2.38 bits per heavy atom. The van der Waals surface area contributed by atoms with Crippen molar-refractivity contribution in [3.8, 4) is 0 Å². The Kier molecular flexibility index (Phi) is 3.48. The standard InChI is InChI=1S/C11H14N4S/c1-8(12)6-9-7-16-11(14-9)15-10-4-2-3-5-13-10/h2-5,7-8H,6,12H2,1H3,(H,13,14,15). The van der Waals surface area contributed by atoms with E-state index in [9.17, 15) is 0 Å². The van der Waals surface area contributed by atoms with Gasteiger partial charge in [0.15, 0.2) is 5.13 Å². The number of nitrogens with zero attached hydrogens (tertiary/aromatic N) is 2. The van der Waals surface area contributed by atoms with Crippen LogP contribution in [0.5, 0.6) is 0 Å². The molecule has 1 atom stereocenters. The summed E-state index contributed by atoms with van der Waals surface area (Å²) in [5.74, 6) is 0.809. The van der Waals surface area contributed by atoms with Crippen molar-refractivity contribution in [2.45, 2.75) is 19.4 Å². The lowest BCUT2D eigenvalue weighted by atomic mass is 10.2. The summed E-state index contributed by atoms with van der Waals surface area (Å²) >= 11 is 1.57. The molecule has 0 bridgehead atoms. The Hall–Kier alpha value is -1.46. The minimum absolute atomic E-state index is 0.143. The molecule has 0 aliphatic heterocycles. The third-order valence-electron chi connectivity index (χ3n) is 1.98. The zero-order valence-corrected chi connectivity index (χ0v) is 9.87. The van der Waals surface area contributed by atoms with Gasteiger partial charge >= 0.3 is 0 Å². The molecule has 2 heterocycles. The van der Waals surface area contributed by atoms with Crippen molar-refractivity contribution in [2.75, 3.05) is 5.32 Å². The fraction of sp³-hybridized carbons (Fsp3) is 0.273. The minimum Gasteiger partial charge on any atom is -0.328 e. The fourth-order valence-electron chi connectivity index (χ4n) is 1.33. The fourth-order valence-corrected chi connectivity index (χ4v) is 2.06. The highest BCUT2D eigenvalue weighted by Crippen LogP contribution is 2.19. The smallest absolute Gasteiger partial charge is 0.188 e. The normalized spacial score (nSPS) is 12.4. The largest absolute Gasteiger partial charge is 0.328 e. The summed E-state index contributed by atoms with van der Waals surface area (Å²) < 4.78 is 0. The predicted octanol–water partition coefficient (Wildman–Crippen LogP) is 2.17. The van der Waals surface area contributed by atoms with E-state index < -0.39 is 0 Å². The molecule has 0 aliphatic rings. The van der Waals surface area contributed by atoms with Gasteiger partial charge in [-0.15, -0.1) is 11.3 Å². The van der Waals surface area contributed by atoms with Crippen LogP contribution in [0.4, 0.5) is 10.9 Å². The van der Waals surface area contributed by atoms with Crippen molar-refractivity contribution < 1.29 is 0 Å². The summed E-state index contributed by atoms with van der Waals surface area (Å²) in [5.41, 5.74) is 6.74. The molecule has 0 aromatic carbocycles. The summed E-state index contributed by atoms with van der Waals surface area (Å²) in [5, 5.41) is 6.03. The summed E-state index contributed by atoms with van der Waals surface area (Å²) in [4.78, 5) is 8.61. The van der Waals surface area contributed by atoms with E-state index >= 15 is 0 Å². The van der Waals surface area contributed by atoms with Crippen LogP contribution in [0, 0.1) is 0 Å². The molecular formula is C11H14N4S. The molecule has 2 aromatic heterocycles. The average Bonchev–Trinajstić information content (AvgIpc) is 2.66. The number of aromatic nitrogens is 2. The second-order valence-corrected chi connectivity index (χ2v) is 4.52. The number of thiazole rings is 1. The molecule has 1 unspecified atom stereocenters. The van der Waals surface area contributed by atoms with E-state index in [-0.39, 0.29) is 6.04 Å². The highest BCUT2D eigenvalue weighted by Gasteiger charge is 2.04. The first-order valence-corrected chi connectivity index (χ1v) is 6.00. The second-order valence-electron chi connectivity index (χ2n) is 3.67. The number of pyridine rings is 1. The molecule has 16 heavy (non-hydrogen) atoms. The van der Waals surface area contributed by atoms with Gasteiger partial charge in [-0.2, -0.15) is 0 Å². The molecule has 0 spiro atoms. The molecule has 2 rings (SSSR count). The maximum atomic E-state index is 5.72. The van der Waals surface area contributed by atoms with E-state index in [0.29, 0.717) is 0 Å². The molecule has 0 saturated heterocycles. The van der Waals surface area contributed by atoms with Crippen molar-refractivity contribution >= 4 is 22.3 Å². The van der Waals surface area contributed by atoms with Gasteiger partial charge in [0.05, 0.1) is 5.69 Å². The maximum Gasteiger partial charge on any atom is 0.188 e. The summed E-state index contributed by atoms with van der Waals surface area (Å²) in [6, 6.07) is 5.87. The minimum atomic E-state index is 0.143. The highest BCUT2D eigenvalue weighted by molar-refractivity contribution is 7.13. The first-order chi connectivity index (χ1) is 7.74. The molecule has 84 valence electrons. The van der Waals surface area contributed by atoms with Gasteiger partial charge in [-0.1, -0.05) is 6.07 Å². The van der Waals surface area contributed by atoms with Crippen LogP contribution in [0.1, 0.15) is 12.6 Å². The second kappa shape index (κ2) is 5.05. The van der Waals surface area contributed by atoms with Gasteiger partial charge in [-0.3, -0.25) is 0 Å². The van der Waals surface area contributed by atoms with Crippen molar-refractivity contribution in [2.24, 2.45) is 5.73 Å². The van der Waals surface area contributed by atoms with Crippen LogP contribution < -0.4 is 11.1 Å². The molecule has 0 amide bonds. The van der Waals surface area contributed by atoms with E-state index in [4.69, 9.17) is 5.73 Å². The first-order valence-electron chi connectivity index (χ1n) is 5.12. The molecule has 2 aromatic rings. The number of anilines is 2. The number of nitrogens with one attached hydrogen (secondary N) is 1. The Bertz CT molecular complexity index is 438. The summed E-state index contributed by atoms with van der Waals surface area (Å²) in [7, 11) is 0. The van der Waals surface area contributed by atoms with E-state index in [1.165, 1.54) is 0 Å². The van der Waals surface area contributed by atoms with Crippen LogP contribution >= 0.6 is 11.3 Å². The first kappa shape index (κ1) is 11.0. The van der Waals surface area contributed by atoms with Gasteiger partial charge in [-0.05, 0) is 19.1 Å². The number of nitrogens with two attached hydrogens (primary N) is 1. The Balaban J connectivity index is 2.03. The Morgan fingerprint density at radius 1 is 1.50 bits per heavy atom. The monoisotopic (exact) mass is 234 g/mol. The molecule has 4 nitrogen and oxygen atoms in total. The van der Waals surface area contributed by atoms with Gasteiger partial charge in [0, 0.05) is 24.0 Å². The third-order valence-corrected chi connectivity index (χ3v) is 2.79. The van der Waals surface area contributed by atoms with Crippen molar-refractivity contribution in [3.63, 3.8) is 0 Å². The topological polar surface area (TPSA) is 63.8 Å². The third kappa shape index (κ3) is 3.01. The van der Waals surface area contributed by atoms with Gasteiger partial charge in [-0.25, -0.2) is 9.97 Å². The average molecular weight is 234 g/mol. The molecule has 0 saturated carbocycles. The van der Waals surface area contributed by atoms with Crippen molar-refractivity contribution in [3.05, 3.63) is 35.5 Å². The zero-order valence-electron chi connectivity index (χ0n) is 9.05. The molecule has 5 heteroatoms. The van der Waals surface area contributed by atoms with E-state index in [0.717, 1.165) is 23.1 Å². The van der Waals surface area contributed by atoms with Gasteiger partial charge in [0.25, 0.3) is 0 Å². The lowest BCUT2D eigenvalue weighted by Crippen LogP contribution is -2.17. The van der Waals surface area contributed by atoms with Crippen LogP contribution in [0.3, 0.4) is 0 Å². The van der Waals surface area contributed by atoms with Crippen LogP contribution in [-0.4, -0.2) is 16.0 Å². The van der Waals surface area contributed by atoms with Crippen molar-refractivity contribution in [1.82, 2.24) is 9.97 Å². The van der Waals surface area contributed by atoms with Crippen LogP contribution in [0.15, 0.2) is 29.8 Å². The molecule has 0 radical (unpaired) electrons. The predicted molar refractivity (Wildman–Crippen MR) is 67.0 cm³/mol. The highest BCUT2D eigenvalue weighted by atomic mass is 32.1. The van der Waals surface area contributed by atoms with Crippen LogP contribution in [-0.2, 0) is 6.42 Å². The number of hydrogen-bond donors (Lipinski definition) is 2. The molecular weight excluding hydrogens is 220 g/mol. The quantitative estimate of drug-likeness (QED) is 0.851.